The molecule has 318 valence electrons. The van der Waals surface area contributed by atoms with Gasteiger partial charge in [0.15, 0.2) is 6.10 Å². The van der Waals surface area contributed by atoms with Gasteiger partial charge in [0.1, 0.15) is 13.2 Å². The van der Waals surface area contributed by atoms with E-state index in [1.807, 2.05) is 0 Å². The van der Waals surface area contributed by atoms with Gasteiger partial charge in [0, 0.05) is 19.3 Å². The summed E-state index contributed by atoms with van der Waals surface area (Å²) < 4.78 is 16.6. The predicted octanol–water partition coefficient (Wildman–Crippen LogP) is 15.0. The SMILES string of the molecule is CCCCCCCCC/C=C\CCCCCCCCCC(=O)OCC(COC(=O)CCCCCCCC)OC(=O)CCCCCCCCCCCCCC. The highest BCUT2D eigenvalue weighted by Gasteiger charge is 2.19. The van der Waals surface area contributed by atoms with E-state index >= 15 is 0 Å². The lowest BCUT2D eigenvalue weighted by Crippen LogP contribution is -2.30. The molecule has 0 aromatic rings. The van der Waals surface area contributed by atoms with Gasteiger partial charge in [-0.1, -0.05) is 206 Å². The van der Waals surface area contributed by atoms with Crippen LogP contribution in [0, 0.1) is 0 Å². The molecule has 0 saturated carbocycles. The monoisotopic (exact) mass is 763 g/mol. The van der Waals surface area contributed by atoms with Crippen LogP contribution in [0.25, 0.3) is 0 Å². The lowest BCUT2D eigenvalue weighted by atomic mass is 10.0. The number of carbonyl (C=O) groups excluding carboxylic acids is 3. The molecule has 0 aromatic carbocycles. The summed E-state index contributed by atoms with van der Waals surface area (Å²) in [4.78, 5) is 37.6. The van der Waals surface area contributed by atoms with Crippen molar-refractivity contribution in [3.63, 3.8) is 0 Å². The number of hydrogen-bond acceptors (Lipinski definition) is 6. The van der Waals surface area contributed by atoms with Crippen LogP contribution in [-0.4, -0.2) is 37.2 Å². The molecule has 1 unspecified atom stereocenters. The zero-order valence-corrected chi connectivity index (χ0v) is 36.3. The molecule has 0 amide bonds. The molecule has 0 spiro atoms. The van der Waals surface area contributed by atoms with Crippen molar-refractivity contribution in [1.82, 2.24) is 0 Å². The van der Waals surface area contributed by atoms with Crippen LogP contribution in [0.3, 0.4) is 0 Å². The van der Waals surface area contributed by atoms with Crippen molar-refractivity contribution < 1.29 is 28.6 Å². The fraction of sp³-hybridized carbons (Fsp3) is 0.896. The maximum absolute atomic E-state index is 12.7. The number of unbranched alkanes of at least 4 members (excludes halogenated alkanes) is 30. The summed E-state index contributed by atoms with van der Waals surface area (Å²) in [6.45, 7) is 6.58. The Hall–Kier alpha value is -1.85. The summed E-state index contributed by atoms with van der Waals surface area (Å²) in [5, 5.41) is 0. The number of rotatable bonds is 43. The van der Waals surface area contributed by atoms with Crippen molar-refractivity contribution in [2.75, 3.05) is 13.2 Å². The molecule has 0 saturated heterocycles. The molecule has 0 radical (unpaired) electrons. The quantitative estimate of drug-likeness (QED) is 0.0266. The highest BCUT2D eigenvalue weighted by Crippen LogP contribution is 2.15. The second kappa shape index (κ2) is 43.9. The third kappa shape index (κ3) is 41.3. The molecule has 0 aliphatic heterocycles. The summed E-state index contributed by atoms with van der Waals surface area (Å²) in [5.41, 5.74) is 0. The van der Waals surface area contributed by atoms with Crippen LogP contribution in [0.5, 0.6) is 0 Å². The molecule has 0 N–H and O–H groups in total. The van der Waals surface area contributed by atoms with Gasteiger partial charge >= 0.3 is 17.9 Å². The Bertz CT molecular complexity index is 839. The maximum Gasteiger partial charge on any atom is 0.306 e. The average Bonchev–Trinajstić information content (AvgIpc) is 3.17. The summed E-state index contributed by atoms with van der Waals surface area (Å²) in [5.74, 6) is -0.873. The van der Waals surface area contributed by atoms with E-state index in [0.717, 1.165) is 57.8 Å². The third-order valence-corrected chi connectivity index (χ3v) is 10.5. The second-order valence-electron chi connectivity index (χ2n) is 16.0. The molecule has 0 aliphatic carbocycles. The minimum atomic E-state index is -0.762. The first-order chi connectivity index (χ1) is 26.5. The Balaban J connectivity index is 4.19. The summed E-state index contributed by atoms with van der Waals surface area (Å²) in [6, 6.07) is 0. The minimum absolute atomic E-state index is 0.0683. The Morgan fingerprint density at radius 3 is 0.926 bits per heavy atom. The van der Waals surface area contributed by atoms with Crippen molar-refractivity contribution in [2.45, 2.75) is 264 Å². The van der Waals surface area contributed by atoms with Gasteiger partial charge < -0.3 is 14.2 Å². The van der Waals surface area contributed by atoms with Crippen molar-refractivity contribution in [2.24, 2.45) is 0 Å². The van der Waals surface area contributed by atoms with E-state index in [2.05, 4.69) is 32.9 Å². The van der Waals surface area contributed by atoms with Gasteiger partial charge in [-0.25, -0.2) is 0 Å². The highest BCUT2D eigenvalue weighted by molar-refractivity contribution is 5.71. The number of ether oxygens (including phenoxy) is 3. The van der Waals surface area contributed by atoms with Gasteiger partial charge in [-0.15, -0.1) is 0 Å². The molecule has 0 aromatic heterocycles. The fourth-order valence-electron chi connectivity index (χ4n) is 6.91. The van der Waals surface area contributed by atoms with Crippen molar-refractivity contribution in [1.29, 1.82) is 0 Å². The van der Waals surface area contributed by atoms with Crippen molar-refractivity contribution >= 4 is 17.9 Å². The van der Waals surface area contributed by atoms with Crippen LogP contribution >= 0.6 is 0 Å². The van der Waals surface area contributed by atoms with E-state index in [0.29, 0.717) is 19.3 Å². The van der Waals surface area contributed by atoms with Crippen molar-refractivity contribution in [3.8, 4) is 0 Å². The molecule has 0 heterocycles. The fourth-order valence-corrected chi connectivity index (χ4v) is 6.91. The molecule has 54 heavy (non-hydrogen) atoms. The zero-order valence-electron chi connectivity index (χ0n) is 36.3. The molecular weight excluding hydrogens is 673 g/mol. The number of hydrogen-bond donors (Lipinski definition) is 0. The first-order valence-electron chi connectivity index (χ1n) is 23.7. The molecule has 0 rings (SSSR count). The largest absolute Gasteiger partial charge is 0.462 e. The number of esters is 3. The number of allylic oxidation sites excluding steroid dienone is 2. The van der Waals surface area contributed by atoms with E-state index in [1.165, 1.54) is 161 Å². The van der Waals surface area contributed by atoms with Gasteiger partial charge in [0.2, 0.25) is 0 Å². The standard InChI is InChI=1S/C48H90O6/c1-4-7-10-13-16-18-20-22-23-24-25-26-27-29-30-32-35-38-41-47(50)53-44-45(43-52-46(49)40-37-34-15-12-9-6-3)54-48(51)42-39-36-33-31-28-21-19-17-14-11-8-5-2/h23-24,45H,4-22,25-44H2,1-3H3/b24-23-. The number of carbonyl (C=O) groups is 3. The third-order valence-electron chi connectivity index (χ3n) is 10.5. The lowest BCUT2D eigenvalue weighted by molar-refractivity contribution is -0.167. The van der Waals surface area contributed by atoms with Gasteiger partial charge in [0.05, 0.1) is 0 Å². The van der Waals surface area contributed by atoms with Gasteiger partial charge in [-0.2, -0.15) is 0 Å². The first kappa shape index (κ1) is 52.2. The van der Waals surface area contributed by atoms with Crippen LogP contribution in [-0.2, 0) is 28.6 Å². The van der Waals surface area contributed by atoms with Gasteiger partial charge in [-0.05, 0) is 44.9 Å². The van der Waals surface area contributed by atoms with E-state index in [4.69, 9.17) is 14.2 Å². The summed E-state index contributed by atoms with van der Waals surface area (Å²) >= 11 is 0. The Labute approximate surface area is 335 Å². The Kier molecular flexibility index (Phi) is 42.4. The van der Waals surface area contributed by atoms with E-state index in [-0.39, 0.29) is 31.1 Å². The van der Waals surface area contributed by atoms with E-state index < -0.39 is 6.10 Å². The minimum Gasteiger partial charge on any atom is -0.462 e. The van der Waals surface area contributed by atoms with Gasteiger partial charge in [-0.3, -0.25) is 14.4 Å². The second-order valence-corrected chi connectivity index (χ2v) is 16.0. The van der Waals surface area contributed by atoms with Gasteiger partial charge in [0.25, 0.3) is 0 Å². The molecule has 0 fully saturated rings. The average molecular weight is 763 g/mol. The normalized spacial score (nSPS) is 12.0. The Morgan fingerprint density at radius 1 is 0.352 bits per heavy atom. The summed E-state index contributed by atoms with van der Waals surface area (Å²) in [7, 11) is 0. The predicted molar refractivity (Wildman–Crippen MR) is 229 cm³/mol. The lowest BCUT2D eigenvalue weighted by Gasteiger charge is -2.18. The van der Waals surface area contributed by atoms with E-state index in [9.17, 15) is 14.4 Å². The van der Waals surface area contributed by atoms with Crippen molar-refractivity contribution in [3.05, 3.63) is 12.2 Å². The molecule has 6 heteroatoms. The zero-order chi connectivity index (χ0) is 39.4. The maximum atomic E-state index is 12.7. The van der Waals surface area contributed by atoms with E-state index in [1.54, 1.807) is 0 Å². The molecule has 6 nitrogen and oxygen atoms in total. The molecule has 0 bridgehead atoms. The molecular formula is C48H90O6. The van der Waals surface area contributed by atoms with Crippen LogP contribution < -0.4 is 0 Å². The van der Waals surface area contributed by atoms with Crippen LogP contribution in [0.2, 0.25) is 0 Å². The van der Waals surface area contributed by atoms with Crippen LogP contribution in [0.4, 0.5) is 0 Å². The van der Waals surface area contributed by atoms with Crippen LogP contribution in [0.15, 0.2) is 12.2 Å². The Morgan fingerprint density at radius 2 is 0.611 bits per heavy atom. The molecule has 0 aliphatic rings. The topological polar surface area (TPSA) is 78.9 Å². The summed E-state index contributed by atoms with van der Waals surface area (Å²) in [6.07, 6.45) is 46.4. The first-order valence-corrected chi connectivity index (χ1v) is 23.7. The molecule has 1 atom stereocenters. The van der Waals surface area contributed by atoms with Crippen LogP contribution in [0.1, 0.15) is 258 Å². The highest BCUT2D eigenvalue weighted by atomic mass is 16.6. The smallest absolute Gasteiger partial charge is 0.306 e.